The number of hydrogen-bond acceptors (Lipinski definition) is 5. The van der Waals surface area contributed by atoms with Crippen molar-refractivity contribution in [1.82, 2.24) is 0 Å². The summed E-state index contributed by atoms with van der Waals surface area (Å²) in [6.07, 6.45) is 7.16. The Kier molecular flexibility index (Phi) is 7.14. The lowest BCUT2D eigenvalue weighted by atomic mass is 9.75. The fourth-order valence-electron chi connectivity index (χ4n) is 5.06. The van der Waals surface area contributed by atoms with Crippen LogP contribution >= 0.6 is 0 Å². The first-order valence-electron chi connectivity index (χ1n) is 11.1. The van der Waals surface area contributed by atoms with E-state index in [0.29, 0.717) is 23.4 Å². The third kappa shape index (κ3) is 5.28. The topological polar surface area (TPSA) is 81.5 Å². The highest BCUT2D eigenvalue weighted by molar-refractivity contribution is 5.81. The minimum Gasteiger partial charge on any atom is -0.461 e. The molecule has 2 fully saturated rings. The molecule has 2 aliphatic rings. The first kappa shape index (κ1) is 21.6. The van der Waals surface area contributed by atoms with Crippen LogP contribution in [0, 0.1) is 33.8 Å². The Morgan fingerprint density at radius 1 is 1.17 bits per heavy atom. The van der Waals surface area contributed by atoms with E-state index in [-0.39, 0.29) is 23.7 Å². The maximum atomic E-state index is 13.3. The van der Waals surface area contributed by atoms with Crippen molar-refractivity contribution in [3.8, 4) is 0 Å². The van der Waals surface area contributed by atoms with Crippen molar-refractivity contribution in [1.29, 1.82) is 0 Å². The number of carbonyl (C=O) groups excluding carboxylic acids is 1. The summed E-state index contributed by atoms with van der Waals surface area (Å²) in [6.45, 7) is 6.61. The number of nitro benzene ring substituents is 1. The molecule has 1 aromatic rings. The van der Waals surface area contributed by atoms with E-state index in [1.807, 2.05) is 0 Å². The van der Waals surface area contributed by atoms with Crippen LogP contribution in [0.2, 0.25) is 0 Å². The summed E-state index contributed by atoms with van der Waals surface area (Å²) in [5.41, 5.74) is 0.387. The predicted molar refractivity (Wildman–Crippen MR) is 114 cm³/mol. The molecule has 0 aliphatic heterocycles. The third-order valence-electron chi connectivity index (χ3n) is 6.77. The van der Waals surface area contributed by atoms with Gasteiger partial charge >= 0.3 is 5.97 Å². The summed E-state index contributed by atoms with van der Waals surface area (Å²) >= 11 is 0. The molecule has 2 unspecified atom stereocenters. The lowest BCUT2D eigenvalue weighted by Gasteiger charge is -2.38. The number of ether oxygens (including phenoxy) is 1. The van der Waals surface area contributed by atoms with E-state index >= 15 is 0 Å². The van der Waals surface area contributed by atoms with Gasteiger partial charge in [-0.25, -0.2) is 4.79 Å². The molecule has 2 saturated carbocycles. The van der Waals surface area contributed by atoms with Crippen molar-refractivity contribution in [2.24, 2.45) is 23.7 Å². The fourth-order valence-corrected chi connectivity index (χ4v) is 5.06. The molecule has 160 valence electrons. The summed E-state index contributed by atoms with van der Waals surface area (Å²) in [4.78, 5) is 24.3. The molecule has 1 N–H and O–H groups in total. The van der Waals surface area contributed by atoms with Gasteiger partial charge in [-0.1, -0.05) is 52.2 Å². The van der Waals surface area contributed by atoms with Gasteiger partial charge in [0, 0.05) is 6.07 Å². The largest absolute Gasteiger partial charge is 0.461 e. The van der Waals surface area contributed by atoms with E-state index in [1.54, 1.807) is 18.2 Å². The van der Waals surface area contributed by atoms with Crippen LogP contribution in [0.15, 0.2) is 24.3 Å². The number of carbonyl (C=O) groups is 1. The van der Waals surface area contributed by atoms with Crippen LogP contribution < -0.4 is 5.32 Å². The first-order valence-corrected chi connectivity index (χ1v) is 11.1. The van der Waals surface area contributed by atoms with Crippen molar-refractivity contribution in [2.45, 2.75) is 77.9 Å². The number of benzene rings is 1. The lowest BCUT2D eigenvalue weighted by molar-refractivity contribution is -0.384. The van der Waals surface area contributed by atoms with Crippen LogP contribution in [-0.2, 0) is 9.53 Å². The molecule has 0 saturated heterocycles. The van der Waals surface area contributed by atoms with Gasteiger partial charge in [0.15, 0.2) is 0 Å². The molecule has 0 spiro atoms. The minimum absolute atomic E-state index is 0.00496. The van der Waals surface area contributed by atoms with Crippen LogP contribution in [0.4, 0.5) is 11.4 Å². The Morgan fingerprint density at radius 3 is 2.52 bits per heavy atom. The molecular weight excluding hydrogens is 368 g/mol. The number of rotatable bonds is 7. The minimum atomic E-state index is -0.538. The van der Waals surface area contributed by atoms with E-state index in [4.69, 9.17) is 4.74 Å². The van der Waals surface area contributed by atoms with Gasteiger partial charge < -0.3 is 10.1 Å². The summed E-state index contributed by atoms with van der Waals surface area (Å²) in [5, 5.41) is 14.6. The van der Waals surface area contributed by atoms with Crippen molar-refractivity contribution >= 4 is 17.3 Å². The highest BCUT2D eigenvalue weighted by atomic mass is 16.6. The van der Waals surface area contributed by atoms with Gasteiger partial charge in [0.2, 0.25) is 0 Å². The number of anilines is 1. The van der Waals surface area contributed by atoms with Crippen LogP contribution in [0.25, 0.3) is 0 Å². The number of para-hydroxylation sites is 2. The van der Waals surface area contributed by atoms with E-state index in [0.717, 1.165) is 38.5 Å². The Bertz CT molecular complexity index is 715. The van der Waals surface area contributed by atoms with E-state index in [1.165, 1.54) is 12.5 Å². The molecule has 0 radical (unpaired) electrons. The monoisotopic (exact) mass is 402 g/mol. The standard InChI is InChI=1S/C23H34N2O4/c1-15(2)18-13-12-16(3)14-21(18)29-23(26)22(17-8-4-5-9-17)24-19-10-6-7-11-20(19)25(27)28/h6-7,10-11,15-18,21-22,24H,4-5,8-9,12-14H2,1-3H3/t16-,18?,21-,22?/m1/s1. The number of hydrogen-bond donors (Lipinski definition) is 1. The second-order valence-corrected chi connectivity index (χ2v) is 9.24. The number of esters is 1. The molecule has 6 nitrogen and oxygen atoms in total. The van der Waals surface area contributed by atoms with Crippen LogP contribution in [0.5, 0.6) is 0 Å². The molecule has 0 bridgehead atoms. The lowest BCUT2D eigenvalue weighted by Crippen LogP contribution is -2.43. The van der Waals surface area contributed by atoms with Gasteiger partial charge in [-0.2, -0.15) is 0 Å². The summed E-state index contributed by atoms with van der Waals surface area (Å²) < 4.78 is 6.11. The van der Waals surface area contributed by atoms with Gasteiger partial charge in [-0.05, 0) is 55.4 Å². The van der Waals surface area contributed by atoms with Crippen molar-refractivity contribution in [2.75, 3.05) is 5.32 Å². The average Bonchev–Trinajstić information content (AvgIpc) is 3.20. The molecule has 1 aromatic carbocycles. The van der Waals surface area contributed by atoms with Gasteiger partial charge in [0.25, 0.3) is 5.69 Å². The van der Waals surface area contributed by atoms with Gasteiger partial charge in [0.05, 0.1) is 4.92 Å². The smallest absolute Gasteiger partial charge is 0.329 e. The van der Waals surface area contributed by atoms with Crippen LogP contribution in [0.3, 0.4) is 0 Å². The fraction of sp³-hybridized carbons (Fsp3) is 0.696. The SMILES string of the molecule is CC(C)C1CC[C@@H](C)C[C@H]1OC(=O)C(Nc1ccccc1[N+](=O)[O-])C1CCCC1. The maximum Gasteiger partial charge on any atom is 0.329 e. The van der Waals surface area contributed by atoms with Crippen molar-refractivity contribution in [3.63, 3.8) is 0 Å². The van der Waals surface area contributed by atoms with Gasteiger partial charge in [0.1, 0.15) is 17.8 Å². The normalized spacial score (nSPS) is 26.3. The molecule has 0 amide bonds. The zero-order valence-corrected chi connectivity index (χ0v) is 17.8. The summed E-state index contributed by atoms with van der Waals surface area (Å²) in [6, 6.07) is 6.00. The van der Waals surface area contributed by atoms with Gasteiger partial charge in [-0.15, -0.1) is 0 Å². The maximum absolute atomic E-state index is 13.3. The van der Waals surface area contributed by atoms with Crippen LogP contribution in [-0.4, -0.2) is 23.0 Å². The average molecular weight is 403 g/mol. The number of nitrogens with zero attached hydrogens (tertiary/aromatic N) is 1. The Hall–Kier alpha value is -2.11. The Balaban J connectivity index is 1.79. The second kappa shape index (κ2) is 9.59. The Morgan fingerprint density at radius 2 is 1.86 bits per heavy atom. The molecule has 0 aromatic heterocycles. The second-order valence-electron chi connectivity index (χ2n) is 9.24. The predicted octanol–water partition coefficient (Wildman–Crippen LogP) is 5.57. The molecular formula is C23H34N2O4. The first-order chi connectivity index (χ1) is 13.9. The zero-order valence-electron chi connectivity index (χ0n) is 17.8. The zero-order chi connectivity index (χ0) is 21.0. The van der Waals surface area contributed by atoms with E-state index in [9.17, 15) is 14.9 Å². The molecule has 29 heavy (non-hydrogen) atoms. The molecule has 6 heteroatoms. The Labute approximate surface area is 173 Å². The van der Waals surface area contributed by atoms with Crippen LogP contribution in [0.1, 0.15) is 65.7 Å². The van der Waals surface area contributed by atoms with Crippen molar-refractivity contribution < 1.29 is 14.5 Å². The highest BCUT2D eigenvalue weighted by Crippen LogP contribution is 2.37. The van der Waals surface area contributed by atoms with Crippen molar-refractivity contribution in [3.05, 3.63) is 34.4 Å². The number of nitro groups is 1. The van der Waals surface area contributed by atoms with Gasteiger partial charge in [-0.3, -0.25) is 10.1 Å². The van der Waals surface area contributed by atoms with E-state index in [2.05, 4.69) is 26.1 Å². The molecule has 2 aliphatic carbocycles. The summed E-state index contributed by atoms with van der Waals surface area (Å²) in [7, 11) is 0. The van der Waals surface area contributed by atoms with E-state index < -0.39 is 11.0 Å². The number of nitrogens with one attached hydrogen (secondary N) is 1. The molecule has 0 heterocycles. The highest BCUT2D eigenvalue weighted by Gasteiger charge is 2.38. The molecule has 3 rings (SSSR count). The third-order valence-corrected chi connectivity index (χ3v) is 6.77. The quantitative estimate of drug-likeness (QED) is 0.366. The molecule has 4 atom stereocenters. The summed E-state index contributed by atoms with van der Waals surface area (Å²) in [5.74, 6) is 1.30.